The summed E-state index contributed by atoms with van der Waals surface area (Å²) in [5, 5.41) is 5.58. The zero-order valence-corrected chi connectivity index (χ0v) is 21.0. The van der Waals surface area contributed by atoms with Crippen molar-refractivity contribution in [2.75, 3.05) is 31.1 Å². The highest BCUT2D eigenvalue weighted by molar-refractivity contribution is 5.97. The molecule has 2 fully saturated rings. The summed E-state index contributed by atoms with van der Waals surface area (Å²) >= 11 is 0. The molecule has 5 aromatic rings. The maximum Gasteiger partial charge on any atom is 0.128 e. The Bertz CT molecular complexity index is 1580. The number of hydrogen-bond donors (Lipinski definition) is 0. The maximum atomic E-state index is 13.5. The van der Waals surface area contributed by atoms with Crippen LogP contribution in [-0.4, -0.2) is 55.8 Å². The molecule has 0 unspecified atom stereocenters. The highest BCUT2D eigenvalue weighted by Crippen LogP contribution is 2.37. The Morgan fingerprint density at radius 3 is 2.53 bits per heavy atom. The monoisotopic (exact) mass is 505 g/mol. The Labute approximate surface area is 220 Å². The Hall–Kier alpha value is -4.17. The van der Waals surface area contributed by atoms with Gasteiger partial charge in [-0.2, -0.15) is 5.10 Å². The summed E-state index contributed by atoms with van der Waals surface area (Å²) < 4.78 is 15.6. The fraction of sp³-hybridized carbons (Fsp3) is 0.267. The smallest absolute Gasteiger partial charge is 0.128 e. The SMILES string of the molecule is Fc1cccc(CN2CCN(c3ccc(-c4cc(-c5cnn(C6CC6)c5)cc5ncncc45)cn3)CC2)c1. The normalized spacial score (nSPS) is 16.3. The standard InChI is InChI=1S/C30H28FN7/c31-25-3-1-2-21(12-25)18-36-8-10-37(11-9-36)30-7-4-22(15-33-30)27-13-23(14-29-28(27)17-32-20-34-29)24-16-35-38(19-24)26-5-6-26/h1-4,7,12-17,19-20,26H,5-6,8-11,18H2. The van der Waals surface area contributed by atoms with E-state index in [9.17, 15) is 4.39 Å². The van der Waals surface area contributed by atoms with E-state index in [0.29, 0.717) is 6.04 Å². The zero-order valence-electron chi connectivity index (χ0n) is 21.0. The minimum absolute atomic E-state index is 0.177. The van der Waals surface area contributed by atoms with Gasteiger partial charge in [-0.25, -0.2) is 19.3 Å². The second-order valence-corrected chi connectivity index (χ2v) is 10.2. The average Bonchev–Trinajstić information content (AvgIpc) is 3.69. The highest BCUT2D eigenvalue weighted by atomic mass is 19.1. The summed E-state index contributed by atoms with van der Waals surface area (Å²) in [6, 6.07) is 16.0. The first kappa shape index (κ1) is 23.0. The van der Waals surface area contributed by atoms with E-state index >= 15 is 0 Å². The quantitative estimate of drug-likeness (QED) is 0.310. The molecule has 2 aromatic carbocycles. The number of hydrogen-bond acceptors (Lipinski definition) is 6. The predicted molar refractivity (Wildman–Crippen MR) is 146 cm³/mol. The topological polar surface area (TPSA) is 63.0 Å². The van der Waals surface area contributed by atoms with E-state index in [4.69, 9.17) is 4.98 Å². The van der Waals surface area contributed by atoms with E-state index < -0.39 is 0 Å². The van der Waals surface area contributed by atoms with Crippen molar-refractivity contribution in [1.82, 2.24) is 29.6 Å². The maximum absolute atomic E-state index is 13.5. The van der Waals surface area contributed by atoms with Crippen LogP contribution >= 0.6 is 0 Å². The minimum atomic E-state index is -0.177. The van der Waals surface area contributed by atoms with E-state index in [1.54, 1.807) is 18.5 Å². The molecule has 2 aliphatic rings. The molecule has 1 aliphatic carbocycles. The number of fused-ring (bicyclic) bond motifs is 1. The molecule has 38 heavy (non-hydrogen) atoms. The van der Waals surface area contributed by atoms with Crippen molar-refractivity contribution in [1.29, 1.82) is 0 Å². The number of aromatic nitrogens is 5. The van der Waals surface area contributed by atoms with Crippen LogP contribution in [0.4, 0.5) is 10.2 Å². The van der Waals surface area contributed by atoms with Crippen molar-refractivity contribution < 1.29 is 4.39 Å². The molecular weight excluding hydrogens is 477 g/mol. The van der Waals surface area contributed by atoms with Gasteiger partial charge < -0.3 is 4.90 Å². The molecule has 1 saturated heterocycles. The van der Waals surface area contributed by atoms with Crippen LogP contribution in [0.5, 0.6) is 0 Å². The van der Waals surface area contributed by atoms with Crippen molar-refractivity contribution in [3.8, 4) is 22.3 Å². The average molecular weight is 506 g/mol. The lowest BCUT2D eigenvalue weighted by Gasteiger charge is -2.35. The third kappa shape index (κ3) is 4.63. The second-order valence-electron chi connectivity index (χ2n) is 10.2. The lowest BCUT2D eigenvalue weighted by Crippen LogP contribution is -2.46. The van der Waals surface area contributed by atoms with Gasteiger partial charge in [0, 0.05) is 67.8 Å². The summed E-state index contributed by atoms with van der Waals surface area (Å²) in [7, 11) is 0. The van der Waals surface area contributed by atoms with E-state index in [1.807, 2.05) is 24.7 Å². The van der Waals surface area contributed by atoms with Crippen molar-refractivity contribution in [2.45, 2.75) is 25.4 Å². The molecule has 7 rings (SSSR count). The Kier molecular flexibility index (Phi) is 5.81. The zero-order chi connectivity index (χ0) is 25.5. The number of benzene rings is 2. The molecule has 7 nitrogen and oxygen atoms in total. The number of rotatable bonds is 6. The minimum Gasteiger partial charge on any atom is -0.354 e. The number of nitrogens with zero attached hydrogens (tertiary/aromatic N) is 7. The van der Waals surface area contributed by atoms with Crippen LogP contribution < -0.4 is 4.90 Å². The molecule has 0 atom stereocenters. The van der Waals surface area contributed by atoms with Crippen LogP contribution in [0.15, 0.2) is 79.6 Å². The molecule has 3 aromatic heterocycles. The van der Waals surface area contributed by atoms with Crippen molar-refractivity contribution in [3.05, 3.63) is 91.0 Å². The van der Waals surface area contributed by atoms with Crippen LogP contribution in [0.2, 0.25) is 0 Å². The largest absolute Gasteiger partial charge is 0.354 e. The van der Waals surface area contributed by atoms with E-state index in [-0.39, 0.29) is 5.82 Å². The molecule has 0 amide bonds. The number of halogens is 1. The summed E-state index contributed by atoms with van der Waals surface area (Å²) in [4.78, 5) is 18.4. The molecule has 0 bridgehead atoms. The molecule has 0 N–H and O–H groups in total. The van der Waals surface area contributed by atoms with Crippen LogP contribution in [-0.2, 0) is 6.54 Å². The van der Waals surface area contributed by atoms with E-state index in [1.165, 1.54) is 18.9 Å². The van der Waals surface area contributed by atoms with Gasteiger partial charge in [-0.05, 0) is 65.9 Å². The molecule has 190 valence electrons. The van der Waals surface area contributed by atoms with Gasteiger partial charge in [-0.3, -0.25) is 9.58 Å². The van der Waals surface area contributed by atoms with Gasteiger partial charge in [-0.15, -0.1) is 0 Å². The number of piperazine rings is 1. The third-order valence-corrected chi connectivity index (χ3v) is 7.53. The van der Waals surface area contributed by atoms with E-state index in [0.717, 1.165) is 77.3 Å². The van der Waals surface area contributed by atoms with Gasteiger partial charge in [0.2, 0.25) is 0 Å². The number of pyridine rings is 1. The molecule has 0 radical (unpaired) electrons. The van der Waals surface area contributed by atoms with Gasteiger partial charge in [0.15, 0.2) is 0 Å². The van der Waals surface area contributed by atoms with E-state index in [2.05, 4.69) is 60.0 Å². The van der Waals surface area contributed by atoms with Crippen LogP contribution in [0.3, 0.4) is 0 Å². The van der Waals surface area contributed by atoms with Gasteiger partial charge in [-0.1, -0.05) is 12.1 Å². The number of anilines is 1. The molecule has 8 heteroatoms. The highest BCUT2D eigenvalue weighted by Gasteiger charge is 2.24. The summed E-state index contributed by atoms with van der Waals surface area (Å²) in [6.07, 6.45) is 11.9. The van der Waals surface area contributed by atoms with Crippen LogP contribution in [0.25, 0.3) is 33.2 Å². The molecule has 4 heterocycles. The summed E-state index contributed by atoms with van der Waals surface area (Å²) in [5.74, 6) is 0.796. The Morgan fingerprint density at radius 1 is 0.842 bits per heavy atom. The van der Waals surface area contributed by atoms with Crippen LogP contribution in [0.1, 0.15) is 24.4 Å². The lowest BCUT2D eigenvalue weighted by atomic mass is 9.97. The van der Waals surface area contributed by atoms with Crippen molar-refractivity contribution in [3.63, 3.8) is 0 Å². The van der Waals surface area contributed by atoms with Gasteiger partial charge in [0.25, 0.3) is 0 Å². The summed E-state index contributed by atoms with van der Waals surface area (Å²) in [6.45, 7) is 4.37. The Morgan fingerprint density at radius 2 is 1.74 bits per heavy atom. The molecule has 0 spiro atoms. The van der Waals surface area contributed by atoms with Crippen molar-refractivity contribution in [2.24, 2.45) is 0 Å². The fourth-order valence-electron chi connectivity index (χ4n) is 5.28. The fourth-order valence-corrected chi connectivity index (χ4v) is 5.28. The lowest BCUT2D eigenvalue weighted by molar-refractivity contribution is 0.249. The van der Waals surface area contributed by atoms with Gasteiger partial charge in [0.1, 0.15) is 18.0 Å². The molecule has 1 saturated carbocycles. The van der Waals surface area contributed by atoms with Gasteiger partial charge in [0.05, 0.1) is 17.8 Å². The first-order valence-electron chi connectivity index (χ1n) is 13.2. The molecular formula is C30H28FN7. The predicted octanol–water partition coefficient (Wildman–Crippen LogP) is 5.35. The van der Waals surface area contributed by atoms with Crippen molar-refractivity contribution >= 4 is 16.7 Å². The Balaban J connectivity index is 1.11. The third-order valence-electron chi connectivity index (χ3n) is 7.53. The first-order chi connectivity index (χ1) is 18.7. The second kappa shape index (κ2) is 9.61. The first-order valence-corrected chi connectivity index (χ1v) is 13.2. The molecule has 1 aliphatic heterocycles. The summed E-state index contributed by atoms with van der Waals surface area (Å²) in [5.41, 5.74) is 6.21. The van der Waals surface area contributed by atoms with Gasteiger partial charge >= 0.3 is 0 Å². The van der Waals surface area contributed by atoms with Crippen LogP contribution in [0, 0.1) is 5.82 Å².